The van der Waals surface area contributed by atoms with Gasteiger partial charge in [-0.2, -0.15) is 0 Å². The lowest BCUT2D eigenvalue weighted by Gasteiger charge is -2.39. The lowest BCUT2D eigenvalue weighted by Crippen LogP contribution is -2.48. The maximum absolute atomic E-state index is 11.6. The van der Waals surface area contributed by atoms with Crippen molar-refractivity contribution in [1.29, 1.82) is 0 Å². The third-order valence-corrected chi connectivity index (χ3v) is 5.58. The Morgan fingerprint density at radius 2 is 2.00 bits per heavy atom. The minimum atomic E-state index is -2.88. The van der Waals surface area contributed by atoms with Crippen LogP contribution in [-0.4, -0.2) is 42.5 Å². The molecule has 19 heavy (non-hydrogen) atoms. The van der Waals surface area contributed by atoms with E-state index in [1.165, 1.54) is 0 Å². The fourth-order valence-corrected chi connectivity index (χ4v) is 4.41. The van der Waals surface area contributed by atoms with E-state index in [9.17, 15) is 13.5 Å². The van der Waals surface area contributed by atoms with Crippen molar-refractivity contribution >= 4 is 9.84 Å². The Bertz CT molecular complexity index is 524. The summed E-state index contributed by atoms with van der Waals surface area (Å²) in [5.74, 6) is 0.737. The molecule has 5 heteroatoms. The second-order valence-corrected chi connectivity index (χ2v) is 7.45. The van der Waals surface area contributed by atoms with Crippen molar-refractivity contribution in [3.05, 3.63) is 29.8 Å². The SMILES string of the molecule is CCC(c1ccc(O)cc1)N1CCS(=O)(=O)CC1C. The highest BCUT2D eigenvalue weighted by Crippen LogP contribution is 2.29. The monoisotopic (exact) mass is 283 g/mol. The van der Waals surface area contributed by atoms with Crippen LogP contribution < -0.4 is 0 Å². The molecular weight excluding hydrogens is 262 g/mol. The van der Waals surface area contributed by atoms with Crippen molar-refractivity contribution in [2.45, 2.75) is 32.4 Å². The van der Waals surface area contributed by atoms with Crippen LogP contribution in [0.3, 0.4) is 0 Å². The summed E-state index contributed by atoms with van der Waals surface area (Å²) in [7, 11) is -2.88. The van der Waals surface area contributed by atoms with Gasteiger partial charge in [0.1, 0.15) is 5.75 Å². The molecule has 0 aliphatic carbocycles. The molecule has 2 atom stereocenters. The minimum absolute atomic E-state index is 0.0394. The number of rotatable bonds is 3. The summed E-state index contributed by atoms with van der Waals surface area (Å²) in [6.07, 6.45) is 0.926. The van der Waals surface area contributed by atoms with Gasteiger partial charge >= 0.3 is 0 Å². The van der Waals surface area contributed by atoms with E-state index in [-0.39, 0.29) is 29.3 Å². The number of phenolic OH excluding ortho intramolecular Hbond substituents is 1. The molecule has 1 aromatic rings. The number of phenols is 1. The fraction of sp³-hybridized carbons (Fsp3) is 0.571. The lowest BCUT2D eigenvalue weighted by atomic mass is 10.0. The Kier molecular flexibility index (Phi) is 4.16. The van der Waals surface area contributed by atoms with Crippen LogP contribution >= 0.6 is 0 Å². The average Bonchev–Trinajstić information content (AvgIpc) is 2.34. The van der Waals surface area contributed by atoms with Crippen molar-refractivity contribution < 1.29 is 13.5 Å². The van der Waals surface area contributed by atoms with Gasteiger partial charge in [-0.3, -0.25) is 4.90 Å². The topological polar surface area (TPSA) is 57.6 Å². The Hall–Kier alpha value is -1.07. The standard InChI is InChI=1S/C14H21NO3S/c1-3-14(12-4-6-13(16)7-5-12)15-8-9-19(17,18)10-11(15)2/h4-7,11,14,16H,3,8-10H2,1-2H3. The summed E-state index contributed by atoms with van der Waals surface area (Å²) in [6, 6.07) is 7.45. The smallest absolute Gasteiger partial charge is 0.153 e. The van der Waals surface area contributed by atoms with Gasteiger partial charge in [-0.05, 0) is 31.0 Å². The lowest BCUT2D eigenvalue weighted by molar-refractivity contribution is 0.153. The molecule has 0 radical (unpaired) electrons. The van der Waals surface area contributed by atoms with Gasteiger partial charge in [-0.15, -0.1) is 0 Å². The molecule has 1 aliphatic rings. The molecule has 2 rings (SSSR count). The highest BCUT2D eigenvalue weighted by atomic mass is 32.2. The number of benzene rings is 1. The van der Waals surface area contributed by atoms with Crippen LogP contribution in [0.1, 0.15) is 31.9 Å². The summed E-state index contributed by atoms with van der Waals surface area (Å²) in [5.41, 5.74) is 1.13. The van der Waals surface area contributed by atoms with Gasteiger partial charge in [0.15, 0.2) is 9.84 Å². The van der Waals surface area contributed by atoms with Crippen LogP contribution in [0, 0.1) is 0 Å². The van der Waals surface area contributed by atoms with Crippen molar-refractivity contribution in [3.8, 4) is 5.75 Å². The zero-order chi connectivity index (χ0) is 14.0. The molecule has 2 unspecified atom stereocenters. The molecule has 0 amide bonds. The zero-order valence-corrected chi connectivity index (χ0v) is 12.2. The van der Waals surface area contributed by atoms with E-state index in [1.54, 1.807) is 12.1 Å². The molecule has 0 saturated carbocycles. The van der Waals surface area contributed by atoms with Gasteiger partial charge in [0.05, 0.1) is 11.5 Å². The van der Waals surface area contributed by atoms with Crippen LogP contribution in [0.2, 0.25) is 0 Å². The maximum Gasteiger partial charge on any atom is 0.153 e. The summed E-state index contributed by atoms with van der Waals surface area (Å²) >= 11 is 0. The third-order valence-electron chi connectivity index (χ3n) is 3.79. The normalized spacial score (nSPS) is 25.1. The average molecular weight is 283 g/mol. The van der Waals surface area contributed by atoms with Gasteiger partial charge in [0.2, 0.25) is 0 Å². The molecular formula is C14H21NO3S. The summed E-state index contributed by atoms with van der Waals surface area (Å²) < 4.78 is 23.3. The first kappa shape index (κ1) is 14.3. The van der Waals surface area contributed by atoms with Gasteiger partial charge in [0.25, 0.3) is 0 Å². The number of nitrogens with zero attached hydrogens (tertiary/aromatic N) is 1. The van der Waals surface area contributed by atoms with Crippen molar-refractivity contribution in [3.63, 3.8) is 0 Å². The molecule has 0 aromatic heterocycles. The van der Waals surface area contributed by atoms with Crippen molar-refractivity contribution in [1.82, 2.24) is 4.90 Å². The molecule has 1 fully saturated rings. The van der Waals surface area contributed by atoms with Gasteiger partial charge < -0.3 is 5.11 Å². The van der Waals surface area contributed by atoms with Crippen molar-refractivity contribution in [2.24, 2.45) is 0 Å². The highest BCUT2D eigenvalue weighted by Gasteiger charge is 2.32. The van der Waals surface area contributed by atoms with E-state index in [1.807, 2.05) is 19.1 Å². The summed E-state index contributed by atoms with van der Waals surface area (Å²) in [5, 5.41) is 9.35. The second-order valence-electron chi connectivity index (χ2n) is 5.22. The zero-order valence-electron chi connectivity index (χ0n) is 11.4. The predicted octanol–water partition coefficient (Wildman–Crippen LogP) is 1.96. The number of sulfone groups is 1. The van der Waals surface area contributed by atoms with Crippen LogP contribution in [0.15, 0.2) is 24.3 Å². The van der Waals surface area contributed by atoms with E-state index in [0.29, 0.717) is 6.54 Å². The molecule has 1 heterocycles. The minimum Gasteiger partial charge on any atom is -0.508 e. The van der Waals surface area contributed by atoms with E-state index in [2.05, 4.69) is 11.8 Å². The molecule has 1 aromatic carbocycles. The molecule has 4 nitrogen and oxygen atoms in total. The predicted molar refractivity (Wildman–Crippen MR) is 76.0 cm³/mol. The van der Waals surface area contributed by atoms with Crippen LogP contribution in [0.5, 0.6) is 5.75 Å². The Balaban J connectivity index is 2.20. The number of hydrogen-bond acceptors (Lipinski definition) is 4. The van der Waals surface area contributed by atoms with Crippen LogP contribution in [0.4, 0.5) is 0 Å². The second kappa shape index (κ2) is 5.51. The van der Waals surface area contributed by atoms with Crippen LogP contribution in [0.25, 0.3) is 0 Å². The Morgan fingerprint density at radius 3 is 2.53 bits per heavy atom. The first-order valence-electron chi connectivity index (χ1n) is 6.68. The summed E-state index contributed by atoms with van der Waals surface area (Å²) in [6.45, 7) is 4.66. The first-order valence-corrected chi connectivity index (χ1v) is 8.50. The Labute approximate surface area is 115 Å². The highest BCUT2D eigenvalue weighted by molar-refractivity contribution is 7.91. The van der Waals surface area contributed by atoms with E-state index in [4.69, 9.17) is 0 Å². The number of hydrogen-bond donors (Lipinski definition) is 1. The fourth-order valence-electron chi connectivity index (χ4n) is 2.83. The molecule has 0 bridgehead atoms. The molecule has 1 saturated heterocycles. The van der Waals surface area contributed by atoms with Gasteiger partial charge in [-0.1, -0.05) is 19.1 Å². The molecule has 106 valence electrons. The molecule has 0 spiro atoms. The first-order chi connectivity index (χ1) is 8.93. The molecule has 1 aliphatic heterocycles. The Morgan fingerprint density at radius 1 is 1.37 bits per heavy atom. The van der Waals surface area contributed by atoms with E-state index in [0.717, 1.165) is 12.0 Å². The summed E-state index contributed by atoms with van der Waals surface area (Å²) in [4.78, 5) is 2.26. The van der Waals surface area contributed by atoms with Gasteiger partial charge in [0, 0.05) is 18.6 Å². The molecule has 1 N–H and O–H groups in total. The largest absolute Gasteiger partial charge is 0.508 e. The van der Waals surface area contributed by atoms with Gasteiger partial charge in [-0.25, -0.2) is 8.42 Å². The van der Waals surface area contributed by atoms with Crippen LogP contribution in [-0.2, 0) is 9.84 Å². The third kappa shape index (κ3) is 3.28. The van der Waals surface area contributed by atoms with Crippen molar-refractivity contribution in [2.75, 3.05) is 18.1 Å². The quantitative estimate of drug-likeness (QED) is 0.921. The maximum atomic E-state index is 11.6. The van der Waals surface area contributed by atoms with E-state index < -0.39 is 9.84 Å². The number of aromatic hydroxyl groups is 1. The van der Waals surface area contributed by atoms with E-state index >= 15 is 0 Å².